The van der Waals surface area contributed by atoms with Gasteiger partial charge < -0.3 is 10.8 Å². The SMILES string of the molecule is CCCCNS(=O)(=O)c1cc(O)c(N)c2ccccc12. The Morgan fingerprint density at radius 3 is 2.55 bits per heavy atom. The number of nitrogens with two attached hydrogens (primary N) is 1. The van der Waals surface area contributed by atoms with Crippen LogP contribution in [0.1, 0.15) is 19.8 Å². The van der Waals surface area contributed by atoms with E-state index in [0.29, 0.717) is 17.3 Å². The molecule has 108 valence electrons. The Kier molecular flexibility index (Phi) is 4.15. The molecule has 0 amide bonds. The Bertz CT molecular complexity index is 727. The Balaban J connectivity index is 2.57. The van der Waals surface area contributed by atoms with E-state index in [1.165, 1.54) is 6.07 Å². The van der Waals surface area contributed by atoms with Crippen molar-refractivity contribution in [1.29, 1.82) is 0 Å². The van der Waals surface area contributed by atoms with Crippen molar-refractivity contribution in [1.82, 2.24) is 4.72 Å². The van der Waals surface area contributed by atoms with E-state index in [-0.39, 0.29) is 16.3 Å². The Labute approximate surface area is 118 Å². The molecular formula is C14H18N2O3S. The molecule has 20 heavy (non-hydrogen) atoms. The van der Waals surface area contributed by atoms with Crippen molar-refractivity contribution >= 4 is 26.5 Å². The lowest BCUT2D eigenvalue weighted by atomic mass is 10.1. The fourth-order valence-corrected chi connectivity index (χ4v) is 3.34. The van der Waals surface area contributed by atoms with Gasteiger partial charge in [-0.2, -0.15) is 0 Å². The molecule has 4 N–H and O–H groups in total. The summed E-state index contributed by atoms with van der Waals surface area (Å²) in [5.74, 6) is -0.223. The van der Waals surface area contributed by atoms with Crippen LogP contribution in [0.15, 0.2) is 35.2 Å². The summed E-state index contributed by atoms with van der Waals surface area (Å²) in [4.78, 5) is 0.0518. The first-order valence-corrected chi connectivity index (χ1v) is 7.95. The summed E-state index contributed by atoms with van der Waals surface area (Å²) in [6.07, 6.45) is 1.66. The van der Waals surface area contributed by atoms with Gasteiger partial charge in [-0.05, 0) is 6.42 Å². The van der Waals surface area contributed by atoms with Gasteiger partial charge in [-0.15, -0.1) is 0 Å². The fourth-order valence-electron chi connectivity index (χ4n) is 2.03. The van der Waals surface area contributed by atoms with E-state index >= 15 is 0 Å². The molecule has 2 aromatic carbocycles. The zero-order valence-electron chi connectivity index (χ0n) is 11.3. The number of rotatable bonds is 5. The largest absolute Gasteiger partial charge is 0.506 e. The van der Waals surface area contributed by atoms with E-state index < -0.39 is 10.0 Å². The summed E-state index contributed by atoms with van der Waals surface area (Å²) in [6.45, 7) is 2.36. The molecule has 0 radical (unpaired) electrons. The smallest absolute Gasteiger partial charge is 0.241 e. The van der Waals surface area contributed by atoms with Crippen LogP contribution in [0.25, 0.3) is 10.8 Å². The highest BCUT2D eigenvalue weighted by atomic mass is 32.2. The highest BCUT2D eigenvalue weighted by Gasteiger charge is 2.19. The number of nitrogens with one attached hydrogen (secondary N) is 1. The molecule has 2 aromatic rings. The van der Waals surface area contributed by atoms with Gasteiger partial charge in [0.25, 0.3) is 0 Å². The molecular weight excluding hydrogens is 276 g/mol. The molecule has 0 aliphatic heterocycles. The zero-order valence-corrected chi connectivity index (χ0v) is 12.1. The molecule has 0 saturated heterocycles. The molecule has 0 bridgehead atoms. The maximum atomic E-state index is 12.3. The van der Waals surface area contributed by atoms with Crippen molar-refractivity contribution in [3.05, 3.63) is 30.3 Å². The molecule has 0 aromatic heterocycles. The lowest BCUT2D eigenvalue weighted by Gasteiger charge is -2.12. The molecule has 0 heterocycles. The third-order valence-corrected chi connectivity index (χ3v) is 4.64. The molecule has 0 aliphatic rings. The van der Waals surface area contributed by atoms with E-state index in [4.69, 9.17) is 5.73 Å². The predicted octanol–water partition coefficient (Wildman–Crippen LogP) is 2.21. The van der Waals surface area contributed by atoms with Crippen LogP contribution in [0.2, 0.25) is 0 Å². The third kappa shape index (κ3) is 2.71. The Hall–Kier alpha value is -1.79. The van der Waals surface area contributed by atoms with E-state index in [0.717, 1.165) is 12.8 Å². The van der Waals surface area contributed by atoms with Crippen LogP contribution in [0.3, 0.4) is 0 Å². The summed E-state index contributed by atoms with van der Waals surface area (Å²) >= 11 is 0. The average molecular weight is 294 g/mol. The second kappa shape index (κ2) is 5.68. The average Bonchev–Trinajstić information content (AvgIpc) is 2.43. The van der Waals surface area contributed by atoms with Crippen LogP contribution < -0.4 is 10.5 Å². The van der Waals surface area contributed by atoms with Crippen molar-refractivity contribution in [2.24, 2.45) is 0 Å². The summed E-state index contributed by atoms with van der Waals surface area (Å²) in [6, 6.07) is 8.06. The molecule has 6 heteroatoms. The van der Waals surface area contributed by atoms with Crippen LogP contribution >= 0.6 is 0 Å². The van der Waals surface area contributed by atoms with E-state index in [2.05, 4.69) is 4.72 Å². The van der Waals surface area contributed by atoms with Crippen LogP contribution in [0.4, 0.5) is 5.69 Å². The van der Waals surface area contributed by atoms with Gasteiger partial charge in [0.2, 0.25) is 10.0 Å². The van der Waals surface area contributed by atoms with Crippen LogP contribution in [0.5, 0.6) is 5.75 Å². The van der Waals surface area contributed by atoms with E-state index in [9.17, 15) is 13.5 Å². The van der Waals surface area contributed by atoms with Crippen molar-refractivity contribution in [2.75, 3.05) is 12.3 Å². The van der Waals surface area contributed by atoms with E-state index in [1.807, 2.05) is 6.92 Å². The van der Waals surface area contributed by atoms with Gasteiger partial charge in [0.05, 0.1) is 10.6 Å². The van der Waals surface area contributed by atoms with Gasteiger partial charge in [-0.3, -0.25) is 0 Å². The molecule has 2 rings (SSSR count). The number of phenolic OH excluding ortho intramolecular Hbond substituents is 1. The zero-order chi connectivity index (χ0) is 14.8. The quantitative estimate of drug-likeness (QED) is 0.448. The standard InChI is InChI=1S/C14H18N2O3S/c1-2-3-8-16-20(18,19)13-9-12(17)14(15)11-7-5-4-6-10(11)13/h4-7,9,16-17H,2-3,8,15H2,1H3. The second-order valence-electron chi connectivity index (χ2n) is 4.60. The van der Waals surface area contributed by atoms with Crippen LogP contribution in [0, 0.1) is 0 Å². The third-order valence-electron chi connectivity index (χ3n) is 3.14. The van der Waals surface area contributed by atoms with Gasteiger partial charge in [0.15, 0.2) is 0 Å². The summed E-state index contributed by atoms with van der Waals surface area (Å²) in [5, 5.41) is 10.9. The first-order valence-electron chi connectivity index (χ1n) is 6.47. The molecule has 0 saturated carbocycles. The fraction of sp³-hybridized carbons (Fsp3) is 0.286. The minimum Gasteiger partial charge on any atom is -0.506 e. The maximum Gasteiger partial charge on any atom is 0.241 e. The number of hydrogen-bond acceptors (Lipinski definition) is 4. The second-order valence-corrected chi connectivity index (χ2v) is 6.34. The summed E-state index contributed by atoms with van der Waals surface area (Å²) in [5.41, 5.74) is 5.97. The number of aromatic hydroxyl groups is 1. The number of sulfonamides is 1. The van der Waals surface area contributed by atoms with Crippen molar-refractivity contribution in [3.8, 4) is 5.75 Å². The van der Waals surface area contributed by atoms with E-state index in [1.54, 1.807) is 24.3 Å². The molecule has 5 nitrogen and oxygen atoms in total. The maximum absolute atomic E-state index is 12.3. The molecule has 0 aliphatic carbocycles. The number of phenols is 1. The summed E-state index contributed by atoms with van der Waals surface area (Å²) in [7, 11) is -3.66. The van der Waals surface area contributed by atoms with Gasteiger partial charge in [-0.1, -0.05) is 37.6 Å². The molecule has 0 spiro atoms. The number of nitrogen functional groups attached to an aromatic ring is 1. The number of fused-ring (bicyclic) bond motifs is 1. The lowest BCUT2D eigenvalue weighted by Crippen LogP contribution is -2.25. The number of benzene rings is 2. The molecule has 0 unspecified atom stereocenters. The van der Waals surface area contributed by atoms with Gasteiger partial charge >= 0.3 is 0 Å². The van der Waals surface area contributed by atoms with Crippen LogP contribution in [-0.4, -0.2) is 20.1 Å². The first-order chi connectivity index (χ1) is 9.47. The molecule has 0 fully saturated rings. The van der Waals surface area contributed by atoms with Crippen LogP contribution in [-0.2, 0) is 10.0 Å². The topological polar surface area (TPSA) is 92.4 Å². The van der Waals surface area contributed by atoms with Gasteiger partial charge in [0.1, 0.15) is 5.75 Å². The van der Waals surface area contributed by atoms with Crippen molar-refractivity contribution < 1.29 is 13.5 Å². The minimum atomic E-state index is -3.66. The Morgan fingerprint density at radius 1 is 1.25 bits per heavy atom. The lowest BCUT2D eigenvalue weighted by molar-refractivity contribution is 0.476. The number of anilines is 1. The molecule has 0 atom stereocenters. The van der Waals surface area contributed by atoms with Gasteiger partial charge in [-0.25, -0.2) is 13.1 Å². The van der Waals surface area contributed by atoms with Gasteiger partial charge in [0, 0.05) is 23.4 Å². The minimum absolute atomic E-state index is 0.0518. The first kappa shape index (κ1) is 14.6. The van der Waals surface area contributed by atoms with Crippen molar-refractivity contribution in [2.45, 2.75) is 24.7 Å². The monoisotopic (exact) mass is 294 g/mol. The van der Waals surface area contributed by atoms with Crippen molar-refractivity contribution in [3.63, 3.8) is 0 Å². The highest BCUT2D eigenvalue weighted by molar-refractivity contribution is 7.89. The normalized spacial score (nSPS) is 11.8. The Morgan fingerprint density at radius 2 is 1.90 bits per heavy atom. The number of unbranched alkanes of at least 4 members (excludes halogenated alkanes) is 1. The number of hydrogen-bond donors (Lipinski definition) is 3. The predicted molar refractivity (Wildman–Crippen MR) is 80.1 cm³/mol. The highest BCUT2D eigenvalue weighted by Crippen LogP contribution is 2.34. The summed E-state index contributed by atoms with van der Waals surface area (Å²) < 4.78 is 27.2.